The van der Waals surface area contributed by atoms with E-state index in [1.165, 1.54) is 67.7 Å². The van der Waals surface area contributed by atoms with E-state index in [0.717, 1.165) is 57.9 Å². The van der Waals surface area contributed by atoms with Crippen molar-refractivity contribution in [3.8, 4) is 39.9 Å². The van der Waals surface area contributed by atoms with Gasteiger partial charge in [-0.15, -0.1) is 0 Å². The summed E-state index contributed by atoms with van der Waals surface area (Å²) in [6.07, 6.45) is 26.9. The summed E-state index contributed by atoms with van der Waals surface area (Å²) in [5.41, 5.74) is 17.7. The van der Waals surface area contributed by atoms with Gasteiger partial charge >= 0.3 is 0 Å². The third-order valence-electron chi connectivity index (χ3n) is 13.7. The van der Waals surface area contributed by atoms with Gasteiger partial charge in [0, 0.05) is 38.5 Å². The molecule has 1 saturated carbocycles. The first-order valence-corrected chi connectivity index (χ1v) is 23.1. The molecule has 5 heteroatoms. The largest absolute Gasteiger partial charge is 0.456 e. The molecule has 2 unspecified atom stereocenters. The Labute approximate surface area is 383 Å². The fraction of sp³-hybridized carbons (Fsp3) is 0.0984. The van der Waals surface area contributed by atoms with E-state index in [9.17, 15) is 0 Å². The highest BCUT2D eigenvalue weighted by Crippen LogP contribution is 2.56. The van der Waals surface area contributed by atoms with E-state index >= 15 is 0 Å². The third kappa shape index (κ3) is 6.83. The van der Waals surface area contributed by atoms with Crippen molar-refractivity contribution < 1.29 is 4.42 Å². The molecule has 0 radical (unpaired) electrons. The first-order valence-electron chi connectivity index (χ1n) is 23.1. The highest BCUT2D eigenvalue weighted by molar-refractivity contribution is 6.06. The number of hydrogen-bond acceptors (Lipinski definition) is 4. The van der Waals surface area contributed by atoms with Gasteiger partial charge in [-0.05, 0) is 131 Å². The van der Waals surface area contributed by atoms with E-state index in [1.54, 1.807) is 0 Å². The minimum absolute atomic E-state index is 0.567. The first kappa shape index (κ1) is 38.3. The molecule has 2 atom stereocenters. The van der Waals surface area contributed by atoms with Crippen LogP contribution in [0.3, 0.4) is 0 Å². The summed E-state index contributed by atoms with van der Waals surface area (Å²) >= 11 is 0. The van der Waals surface area contributed by atoms with E-state index < -0.39 is 0 Å². The predicted octanol–water partition coefficient (Wildman–Crippen LogP) is 14.7. The Kier molecular flexibility index (Phi) is 9.19. The van der Waals surface area contributed by atoms with Gasteiger partial charge in [-0.25, -0.2) is 15.0 Å². The second kappa shape index (κ2) is 15.8. The normalized spacial score (nSPS) is 17.5. The van der Waals surface area contributed by atoms with Crippen LogP contribution in [0.5, 0.6) is 0 Å². The number of aromatic nitrogens is 4. The molecule has 0 saturated heterocycles. The van der Waals surface area contributed by atoms with Crippen LogP contribution in [0.25, 0.3) is 78.8 Å². The van der Waals surface area contributed by atoms with Gasteiger partial charge < -0.3 is 8.98 Å². The number of para-hydroxylation sites is 2. The molecule has 4 aliphatic carbocycles. The maximum atomic E-state index is 6.15. The smallest absolute Gasteiger partial charge is 0.164 e. The second-order valence-corrected chi connectivity index (χ2v) is 17.9. The number of benzene rings is 6. The fourth-order valence-corrected chi connectivity index (χ4v) is 10.5. The van der Waals surface area contributed by atoms with Crippen molar-refractivity contribution in [2.75, 3.05) is 0 Å². The highest BCUT2D eigenvalue weighted by atomic mass is 16.3. The van der Waals surface area contributed by atoms with Gasteiger partial charge in [0.05, 0.1) is 11.2 Å². The van der Waals surface area contributed by atoms with Crippen molar-refractivity contribution in [2.24, 2.45) is 11.8 Å². The Morgan fingerprint density at radius 2 is 1.24 bits per heavy atom. The van der Waals surface area contributed by atoms with Crippen LogP contribution in [0.1, 0.15) is 35.2 Å². The molecule has 0 spiro atoms. The Hall–Kier alpha value is -8.15. The molecule has 1 fully saturated rings. The second-order valence-electron chi connectivity index (χ2n) is 17.9. The van der Waals surface area contributed by atoms with Gasteiger partial charge in [-0.3, -0.25) is 0 Å². The lowest BCUT2D eigenvalue weighted by Crippen LogP contribution is -2.03. The number of allylic oxidation sites excluding steroid dienone is 13. The molecule has 3 heterocycles. The maximum absolute atomic E-state index is 6.15. The van der Waals surface area contributed by atoms with E-state index in [-0.39, 0.29) is 0 Å². The summed E-state index contributed by atoms with van der Waals surface area (Å²) in [5.74, 6) is 3.06. The van der Waals surface area contributed by atoms with Crippen LogP contribution in [-0.2, 0) is 12.8 Å². The fourth-order valence-electron chi connectivity index (χ4n) is 10.5. The van der Waals surface area contributed by atoms with Crippen LogP contribution in [-0.4, -0.2) is 19.5 Å². The minimum atomic E-state index is 0.567. The molecule has 13 rings (SSSR count). The summed E-state index contributed by atoms with van der Waals surface area (Å²) in [5, 5.41) is 3.42. The molecule has 4 aliphatic rings. The Balaban J connectivity index is 0.850. The van der Waals surface area contributed by atoms with Gasteiger partial charge in [0.25, 0.3) is 0 Å². The molecule has 9 aromatic rings. The average molecular weight is 849 g/mol. The molecule has 0 amide bonds. The number of fused-ring (bicyclic) bond motifs is 7. The third-order valence-corrected chi connectivity index (χ3v) is 13.7. The quantitative estimate of drug-likeness (QED) is 0.153. The number of furan rings is 1. The van der Waals surface area contributed by atoms with Gasteiger partial charge in [-0.2, -0.15) is 0 Å². The Bertz CT molecular complexity index is 3660. The van der Waals surface area contributed by atoms with E-state index in [1.807, 2.05) is 48.5 Å². The predicted molar refractivity (Wildman–Crippen MR) is 269 cm³/mol. The van der Waals surface area contributed by atoms with E-state index in [4.69, 9.17) is 19.4 Å². The summed E-state index contributed by atoms with van der Waals surface area (Å²) in [6, 6.07) is 51.1. The lowest BCUT2D eigenvalue weighted by molar-refractivity contribution is 0.669. The number of hydrogen-bond donors (Lipinski definition) is 0. The van der Waals surface area contributed by atoms with Crippen molar-refractivity contribution >= 4 is 38.9 Å². The molecule has 0 aliphatic heterocycles. The zero-order chi connectivity index (χ0) is 43.6. The standard InChI is InChI=1S/C61H44N4O/c1-2-5-18-41(17-4-1)47-30-31-48(53-38-52(47)53)43-21-14-26-50-49-24-8-10-27-55(49)65(56(50)37-43)46-23-13-16-40(35-46)33-39-15-12-22-44(34-39)60-62-59(42-19-6-3-7-20-42)63-61(64-60)45-29-32-58-54(36-45)51-25-9-11-28-57(51)66-58/h1-17,19-25,27-32,34-37,52-53H,18,26,33,38H2. The molecule has 5 nitrogen and oxygen atoms in total. The number of nitrogens with zero attached hydrogens (tertiary/aromatic N) is 4. The SMILES string of the molecule is C1=CC=C(C2=CC=C(C3=Cc4c(c5ccccc5n4-c4cccc(Cc5cccc(-c6nc(-c7ccccc7)nc(-c7ccc8oc9ccccc9c8c7)n6)c5)c4)CC=C3)C3CC23)CC=C1. The minimum Gasteiger partial charge on any atom is -0.456 e. The van der Waals surface area contributed by atoms with Crippen LogP contribution in [0.4, 0.5) is 0 Å². The molecule has 6 aromatic carbocycles. The highest BCUT2D eigenvalue weighted by Gasteiger charge is 2.45. The molecule has 3 aromatic heterocycles. The molecular formula is C61H44N4O. The molecule has 0 N–H and O–H groups in total. The molecule has 0 bridgehead atoms. The monoisotopic (exact) mass is 848 g/mol. The van der Waals surface area contributed by atoms with Crippen molar-refractivity contribution in [1.29, 1.82) is 0 Å². The van der Waals surface area contributed by atoms with Gasteiger partial charge in [0.15, 0.2) is 17.5 Å². The lowest BCUT2D eigenvalue weighted by atomic mass is 9.88. The van der Waals surface area contributed by atoms with Gasteiger partial charge in [0.2, 0.25) is 0 Å². The summed E-state index contributed by atoms with van der Waals surface area (Å²) < 4.78 is 8.64. The van der Waals surface area contributed by atoms with Crippen LogP contribution >= 0.6 is 0 Å². The Morgan fingerprint density at radius 3 is 2.14 bits per heavy atom. The van der Waals surface area contributed by atoms with Crippen LogP contribution in [0.2, 0.25) is 0 Å². The van der Waals surface area contributed by atoms with Crippen LogP contribution in [0, 0.1) is 11.8 Å². The van der Waals surface area contributed by atoms with Crippen molar-refractivity contribution in [1.82, 2.24) is 19.5 Å². The van der Waals surface area contributed by atoms with E-state index in [2.05, 4.69) is 162 Å². The number of rotatable bonds is 8. The van der Waals surface area contributed by atoms with Crippen LogP contribution in [0.15, 0.2) is 227 Å². The van der Waals surface area contributed by atoms with E-state index in [0.29, 0.717) is 29.3 Å². The summed E-state index contributed by atoms with van der Waals surface area (Å²) in [6.45, 7) is 0. The summed E-state index contributed by atoms with van der Waals surface area (Å²) in [7, 11) is 0. The van der Waals surface area contributed by atoms with Crippen LogP contribution < -0.4 is 0 Å². The van der Waals surface area contributed by atoms with Gasteiger partial charge in [0.1, 0.15) is 11.2 Å². The summed E-state index contributed by atoms with van der Waals surface area (Å²) in [4.78, 5) is 15.3. The van der Waals surface area contributed by atoms with Crippen molar-refractivity contribution in [3.63, 3.8) is 0 Å². The maximum Gasteiger partial charge on any atom is 0.164 e. The molecular weight excluding hydrogens is 805 g/mol. The molecule has 66 heavy (non-hydrogen) atoms. The van der Waals surface area contributed by atoms with Gasteiger partial charge in [-0.1, -0.05) is 152 Å². The average Bonchev–Trinajstić information content (AvgIpc) is 4.12. The first-order chi connectivity index (χ1) is 32.7. The van der Waals surface area contributed by atoms with Crippen molar-refractivity contribution in [2.45, 2.75) is 25.7 Å². The topological polar surface area (TPSA) is 56.7 Å². The van der Waals surface area contributed by atoms with Crippen molar-refractivity contribution in [3.05, 3.63) is 245 Å². The molecule has 314 valence electrons. The zero-order valence-corrected chi connectivity index (χ0v) is 36.3. The lowest BCUT2D eigenvalue weighted by Gasteiger charge is -2.17. The zero-order valence-electron chi connectivity index (χ0n) is 36.3. The Morgan fingerprint density at radius 1 is 0.530 bits per heavy atom.